The van der Waals surface area contributed by atoms with Gasteiger partial charge in [0.25, 0.3) is 0 Å². The summed E-state index contributed by atoms with van der Waals surface area (Å²) in [6.07, 6.45) is 0. The van der Waals surface area contributed by atoms with Crippen LogP contribution >= 0.6 is 30.5 Å². The molecule has 142 valence electrons. The third-order valence-corrected chi connectivity index (χ3v) is 8.12. The van der Waals surface area contributed by atoms with Gasteiger partial charge in [-0.25, -0.2) is 4.67 Å². The number of benzene rings is 2. The van der Waals surface area contributed by atoms with E-state index < -0.39 is 7.29 Å². The molecule has 0 amide bonds. The number of likely N-dealkylation sites (N-methyl/N-ethyl adjacent to an activating group) is 1. The molecule has 0 atom stereocenters. The Kier molecular flexibility index (Phi) is 6.97. The molecular weight excluding hydrogens is 398 g/mol. The third kappa shape index (κ3) is 5.34. The summed E-state index contributed by atoms with van der Waals surface area (Å²) in [5.41, 5.74) is 1.69. The minimum Gasteiger partial charge on any atom is -0.304 e. The van der Waals surface area contributed by atoms with Gasteiger partial charge in [-0.3, -0.25) is 4.57 Å². The molecule has 2 aromatic rings. The zero-order valence-corrected chi connectivity index (χ0v) is 17.7. The summed E-state index contributed by atoms with van der Waals surface area (Å²) >= 11 is 13.1. The van der Waals surface area contributed by atoms with Crippen molar-refractivity contribution < 1.29 is 4.57 Å². The molecule has 1 aliphatic heterocycles. The zero-order valence-electron chi connectivity index (χ0n) is 15.3. The summed E-state index contributed by atoms with van der Waals surface area (Å²) in [4.78, 5) is 2.23. The molecule has 6 heteroatoms. The quantitative estimate of drug-likeness (QED) is 0.555. The topological polar surface area (TPSA) is 23.6 Å². The molecule has 0 aromatic heterocycles. The summed E-state index contributed by atoms with van der Waals surface area (Å²) in [6.45, 7) is 3.13. The van der Waals surface area contributed by atoms with Crippen LogP contribution in [0.4, 0.5) is 0 Å². The van der Waals surface area contributed by atoms with Gasteiger partial charge in [0.2, 0.25) is 0 Å². The van der Waals surface area contributed by atoms with Crippen molar-refractivity contribution in [3.8, 4) is 0 Å². The molecule has 3 nitrogen and oxygen atoms in total. The van der Waals surface area contributed by atoms with Crippen molar-refractivity contribution >= 4 is 40.6 Å². The fourth-order valence-corrected chi connectivity index (χ4v) is 6.22. The molecule has 2 aromatic carbocycles. The Hall–Kier alpha value is -1.35. The second kappa shape index (κ2) is 9.23. The lowest BCUT2D eigenvalue weighted by Crippen LogP contribution is -2.42. The van der Waals surface area contributed by atoms with E-state index in [2.05, 4.69) is 11.9 Å². The molecule has 0 saturated carbocycles. The summed E-state index contributed by atoms with van der Waals surface area (Å²) in [5, 5.41) is 0.957. The minimum absolute atomic E-state index is 0.478. The maximum Gasteiger partial charge on any atom is 0.196 e. The highest BCUT2D eigenvalue weighted by Gasteiger charge is 2.30. The zero-order chi connectivity index (χ0) is 19.3. The highest BCUT2D eigenvalue weighted by molar-refractivity contribution is 7.68. The SMILES string of the molecule is CN1CCN(P(=O)(/C=C(\Cl)c2ccccc2)/C=C(\Cl)c2ccccc2)CC1. The van der Waals surface area contributed by atoms with Gasteiger partial charge < -0.3 is 4.90 Å². The molecule has 1 fully saturated rings. The maximum atomic E-state index is 14.0. The van der Waals surface area contributed by atoms with E-state index in [0.29, 0.717) is 23.2 Å². The first-order chi connectivity index (χ1) is 13.0. The molecule has 0 bridgehead atoms. The van der Waals surface area contributed by atoms with Gasteiger partial charge in [-0.05, 0) is 18.2 Å². The van der Waals surface area contributed by atoms with Gasteiger partial charge in [-0.15, -0.1) is 0 Å². The maximum absolute atomic E-state index is 14.0. The predicted octanol–water partition coefficient (Wildman–Crippen LogP) is 5.99. The van der Waals surface area contributed by atoms with Crippen LogP contribution in [-0.4, -0.2) is 42.8 Å². The van der Waals surface area contributed by atoms with Gasteiger partial charge in [-0.1, -0.05) is 83.9 Å². The van der Waals surface area contributed by atoms with Crippen LogP contribution in [0.1, 0.15) is 11.1 Å². The number of hydrogen-bond acceptors (Lipinski definition) is 2. The number of piperazine rings is 1. The van der Waals surface area contributed by atoms with Crippen molar-refractivity contribution in [2.75, 3.05) is 33.2 Å². The lowest BCUT2D eigenvalue weighted by Gasteiger charge is -2.35. The summed E-state index contributed by atoms with van der Waals surface area (Å²) in [6, 6.07) is 19.2. The van der Waals surface area contributed by atoms with E-state index in [4.69, 9.17) is 23.2 Å². The van der Waals surface area contributed by atoms with E-state index >= 15 is 0 Å². The first-order valence-electron chi connectivity index (χ1n) is 8.89. The van der Waals surface area contributed by atoms with Crippen LogP contribution in [0.5, 0.6) is 0 Å². The second-order valence-electron chi connectivity index (χ2n) is 6.62. The van der Waals surface area contributed by atoms with Crippen molar-refractivity contribution in [3.05, 3.63) is 83.4 Å². The van der Waals surface area contributed by atoms with E-state index in [1.807, 2.05) is 65.3 Å². The van der Waals surface area contributed by atoms with Gasteiger partial charge >= 0.3 is 0 Å². The summed E-state index contributed by atoms with van der Waals surface area (Å²) in [5.74, 6) is 3.36. The average Bonchev–Trinajstić information content (AvgIpc) is 2.69. The number of rotatable bonds is 5. The standard InChI is InChI=1S/C21H23Cl2N2OP/c1-24-12-14-25(15-13-24)27(26,16-20(22)18-8-4-2-5-9-18)17-21(23)19-10-6-3-7-11-19/h2-11,16-17H,12-15H2,1H3/b20-16-,21-17-. The smallest absolute Gasteiger partial charge is 0.196 e. The Balaban J connectivity index is 2.00. The molecule has 0 N–H and O–H groups in total. The van der Waals surface area contributed by atoms with E-state index in [0.717, 1.165) is 24.2 Å². The first kappa shape index (κ1) is 20.4. The number of hydrogen-bond donors (Lipinski definition) is 0. The van der Waals surface area contributed by atoms with E-state index in [-0.39, 0.29) is 0 Å². The highest BCUT2D eigenvalue weighted by Crippen LogP contribution is 2.57. The van der Waals surface area contributed by atoms with E-state index in [1.54, 1.807) is 11.6 Å². The fraction of sp³-hybridized carbons (Fsp3) is 0.238. The van der Waals surface area contributed by atoms with Crippen molar-refractivity contribution in [2.45, 2.75) is 0 Å². The lowest BCUT2D eigenvalue weighted by atomic mass is 10.2. The van der Waals surface area contributed by atoms with Gasteiger partial charge in [0.15, 0.2) is 7.29 Å². The van der Waals surface area contributed by atoms with Gasteiger partial charge in [0.1, 0.15) is 0 Å². The van der Waals surface area contributed by atoms with Gasteiger partial charge in [-0.2, -0.15) is 0 Å². The average molecular weight is 421 g/mol. The first-order valence-corrected chi connectivity index (χ1v) is 11.4. The number of nitrogens with zero attached hydrogens (tertiary/aromatic N) is 2. The minimum atomic E-state index is -3.05. The lowest BCUT2D eigenvalue weighted by molar-refractivity contribution is 0.223. The van der Waals surface area contributed by atoms with Gasteiger partial charge in [0, 0.05) is 37.8 Å². The molecule has 1 saturated heterocycles. The van der Waals surface area contributed by atoms with Crippen molar-refractivity contribution in [1.29, 1.82) is 0 Å². The Morgan fingerprint density at radius 3 is 1.63 bits per heavy atom. The van der Waals surface area contributed by atoms with Crippen LogP contribution in [0, 0.1) is 0 Å². The van der Waals surface area contributed by atoms with Crippen LogP contribution < -0.4 is 0 Å². The molecule has 27 heavy (non-hydrogen) atoms. The third-order valence-electron chi connectivity index (χ3n) is 4.62. The summed E-state index contributed by atoms with van der Waals surface area (Å²) < 4.78 is 16.0. The Bertz CT molecular complexity index is 801. The van der Waals surface area contributed by atoms with Crippen LogP contribution in [0.2, 0.25) is 0 Å². The second-order valence-corrected chi connectivity index (χ2v) is 9.86. The summed E-state index contributed by atoms with van der Waals surface area (Å²) in [7, 11) is -0.974. The van der Waals surface area contributed by atoms with Crippen LogP contribution in [0.25, 0.3) is 10.1 Å². The molecule has 0 unspecified atom stereocenters. The molecule has 0 radical (unpaired) electrons. The highest BCUT2D eigenvalue weighted by atomic mass is 35.5. The largest absolute Gasteiger partial charge is 0.304 e. The van der Waals surface area contributed by atoms with Crippen molar-refractivity contribution in [2.24, 2.45) is 0 Å². The number of halogens is 2. The molecular formula is C21H23Cl2N2OP. The van der Waals surface area contributed by atoms with Crippen LogP contribution in [-0.2, 0) is 4.57 Å². The van der Waals surface area contributed by atoms with E-state index in [9.17, 15) is 4.57 Å². The molecule has 0 aliphatic carbocycles. The van der Waals surface area contributed by atoms with Gasteiger partial charge in [0.05, 0.1) is 10.1 Å². The normalized spacial score (nSPS) is 17.9. The molecule has 3 rings (SSSR count). The van der Waals surface area contributed by atoms with Crippen molar-refractivity contribution in [3.63, 3.8) is 0 Å². The molecule has 0 spiro atoms. The molecule has 1 heterocycles. The predicted molar refractivity (Wildman–Crippen MR) is 117 cm³/mol. The van der Waals surface area contributed by atoms with Crippen molar-refractivity contribution in [1.82, 2.24) is 9.57 Å². The Morgan fingerprint density at radius 1 is 0.815 bits per heavy atom. The Morgan fingerprint density at radius 2 is 1.22 bits per heavy atom. The fourth-order valence-electron chi connectivity index (χ4n) is 2.98. The van der Waals surface area contributed by atoms with Crippen LogP contribution in [0.15, 0.2) is 72.3 Å². The molecule has 1 aliphatic rings. The van der Waals surface area contributed by atoms with E-state index in [1.165, 1.54) is 0 Å². The monoisotopic (exact) mass is 420 g/mol. The Labute approximate surface area is 171 Å². The van der Waals surface area contributed by atoms with Crippen LogP contribution in [0.3, 0.4) is 0 Å².